The zero-order valence-electron chi connectivity index (χ0n) is 11.2. The zero-order valence-corrected chi connectivity index (χ0v) is 13.3. The van der Waals surface area contributed by atoms with Gasteiger partial charge in [-0.3, -0.25) is 4.79 Å². The SMILES string of the molecule is CC1CCC(CNC(=O)c2cc(I)ccc2O)CC1. The smallest absolute Gasteiger partial charge is 0.255 e. The number of halogens is 1. The molecule has 3 nitrogen and oxygen atoms in total. The van der Waals surface area contributed by atoms with Crippen LogP contribution in [-0.4, -0.2) is 17.6 Å². The van der Waals surface area contributed by atoms with E-state index in [9.17, 15) is 9.90 Å². The number of rotatable bonds is 3. The van der Waals surface area contributed by atoms with E-state index in [0.29, 0.717) is 11.5 Å². The van der Waals surface area contributed by atoms with Gasteiger partial charge >= 0.3 is 0 Å². The van der Waals surface area contributed by atoms with Crippen LogP contribution in [0, 0.1) is 15.4 Å². The molecule has 0 atom stereocenters. The van der Waals surface area contributed by atoms with Crippen LogP contribution in [0.1, 0.15) is 43.0 Å². The van der Waals surface area contributed by atoms with Crippen molar-refractivity contribution in [3.63, 3.8) is 0 Å². The van der Waals surface area contributed by atoms with Crippen molar-refractivity contribution in [2.45, 2.75) is 32.6 Å². The van der Waals surface area contributed by atoms with Crippen molar-refractivity contribution in [2.75, 3.05) is 6.54 Å². The number of amides is 1. The Morgan fingerprint density at radius 2 is 2.05 bits per heavy atom. The van der Waals surface area contributed by atoms with Gasteiger partial charge in [0.05, 0.1) is 5.56 Å². The summed E-state index contributed by atoms with van der Waals surface area (Å²) >= 11 is 2.14. The second-order valence-corrected chi connectivity index (χ2v) is 6.74. The molecular formula is C15H20INO2. The summed E-state index contributed by atoms with van der Waals surface area (Å²) in [5.41, 5.74) is 0.371. The lowest BCUT2D eigenvalue weighted by Gasteiger charge is -2.26. The third kappa shape index (κ3) is 4.09. The summed E-state index contributed by atoms with van der Waals surface area (Å²) in [5.74, 6) is 1.29. The van der Waals surface area contributed by atoms with E-state index in [1.54, 1.807) is 18.2 Å². The Morgan fingerprint density at radius 1 is 1.37 bits per heavy atom. The molecule has 0 radical (unpaired) electrons. The molecule has 0 aromatic heterocycles. The Labute approximate surface area is 127 Å². The standard InChI is InChI=1S/C15H20INO2/c1-10-2-4-11(5-3-10)9-17-15(19)13-8-12(16)6-7-14(13)18/h6-8,10-11,18H,2-5,9H2,1H3,(H,17,19). The second-order valence-electron chi connectivity index (χ2n) is 5.50. The maximum atomic E-state index is 12.1. The number of aromatic hydroxyl groups is 1. The van der Waals surface area contributed by atoms with E-state index < -0.39 is 0 Å². The number of benzene rings is 1. The predicted octanol–water partition coefficient (Wildman–Crippen LogP) is 3.55. The number of phenolic OH excluding ortho intramolecular Hbond substituents is 1. The molecule has 1 aromatic rings. The molecule has 0 unspecified atom stereocenters. The van der Waals surface area contributed by atoms with Gasteiger partial charge in [0.25, 0.3) is 5.91 Å². The number of hydrogen-bond donors (Lipinski definition) is 2. The number of hydrogen-bond acceptors (Lipinski definition) is 2. The van der Waals surface area contributed by atoms with Gasteiger partial charge in [0.1, 0.15) is 5.75 Å². The van der Waals surface area contributed by atoms with Gasteiger partial charge in [0.2, 0.25) is 0 Å². The molecular weight excluding hydrogens is 353 g/mol. The minimum Gasteiger partial charge on any atom is -0.507 e. The minimum atomic E-state index is -0.172. The molecule has 2 rings (SSSR count). The monoisotopic (exact) mass is 373 g/mol. The fraction of sp³-hybridized carbons (Fsp3) is 0.533. The summed E-state index contributed by atoms with van der Waals surface area (Å²) in [4.78, 5) is 12.1. The first kappa shape index (κ1) is 14.6. The maximum absolute atomic E-state index is 12.1. The van der Waals surface area contributed by atoms with Crippen molar-refractivity contribution in [1.29, 1.82) is 0 Å². The lowest BCUT2D eigenvalue weighted by molar-refractivity contribution is 0.0939. The molecule has 0 saturated heterocycles. The Balaban J connectivity index is 1.89. The number of nitrogens with one attached hydrogen (secondary N) is 1. The first-order valence-electron chi connectivity index (χ1n) is 6.83. The molecule has 1 aliphatic carbocycles. The highest BCUT2D eigenvalue weighted by Gasteiger charge is 2.19. The molecule has 104 valence electrons. The van der Waals surface area contributed by atoms with Gasteiger partial charge in [-0.2, -0.15) is 0 Å². The number of carbonyl (C=O) groups is 1. The molecule has 0 spiro atoms. The maximum Gasteiger partial charge on any atom is 0.255 e. The Bertz CT molecular complexity index is 453. The van der Waals surface area contributed by atoms with Crippen LogP contribution in [0.25, 0.3) is 0 Å². The molecule has 19 heavy (non-hydrogen) atoms. The van der Waals surface area contributed by atoms with Crippen LogP contribution in [0.15, 0.2) is 18.2 Å². The van der Waals surface area contributed by atoms with Crippen molar-refractivity contribution in [3.8, 4) is 5.75 Å². The second kappa shape index (κ2) is 6.59. The van der Waals surface area contributed by atoms with E-state index in [-0.39, 0.29) is 11.7 Å². The van der Waals surface area contributed by atoms with Crippen LogP contribution < -0.4 is 5.32 Å². The van der Waals surface area contributed by atoms with Crippen LogP contribution in [0.4, 0.5) is 0 Å². The van der Waals surface area contributed by atoms with E-state index >= 15 is 0 Å². The van der Waals surface area contributed by atoms with E-state index in [4.69, 9.17) is 0 Å². The third-order valence-corrected chi connectivity index (χ3v) is 4.56. The first-order chi connectivity index (χ1) is 9.06. The van der Waals surface area contributed by atoms with E-state index in [0.717, 1.165) is 16.0 Å². The van der Waals surface area contributed by atoms with Gasteiger partial charge < -0.3 is 10.4 Å². The van der Waals surface area contributed by atoms with Crippen molar-refractivity contribution < 1.29 is 9.90 Å². The van der Waals surface area contributed by atoms with Gasteiger partial charge in [-0.25, -0.2) is 0 Å². The fourth-order valence-corrected chi connectivity index (χ4v) is 3.05. The molecule has 0 aliphatic heterocycles. The lowest BCUT2D eigenvalue weighted by Crippen LogP contribution is -2.31. The minimum absolute atomic E-state index is 0.0511. The molecule has 1 fully saturated rings. The van der Waals surface area contributed by atoms with Crippen LogP contribution in [0.3, 0.4) is 0 Å². The van der Waals surface area contributed by atoms with E-state index in [1.807, 2.05) is 0 Å². The van der Waals surface area contributed by atoms with Crippen molar-refractivity contribution in [2.24, 2.45) is 11.8 Å². The summed E-state index contributed by atoms with van der Waals surface area (Å²) in [6.07, 6.45) is 4.91. The van der Waals surface area contributed by atoms with Gasteiger partial charge in [0, 0.05) is 10.1 Å². The summed E-state index contributed by atoms with van der Waals surface area (Å²) in [6.45, 7) is 3.01. The Morgan fingerprint density at radius 3 is 2.74 bits per heavy atom. The highest BCUT2D eigenvalue weighted by atomic mass is 127. The topological polar surface area (TPSA) is 49.3 Å². The van der Waals surface area contributed by atoms with Gasteiger partial charge in [-0.05, 0) is 65.5 Å². The molecule has 2 N–H and O–H groups in total. The van der Waals surface area contributed by atoms with Crippen LogP contribution in [0.2, 0.25) is 0 Å². The summed E-state index contributed by atoms with van der Waals surface area (Å²) < 4.78 is 0.951. The van der Waals surface area contributed by atoms with Gasteiger partial charge in [0.15, 0.2) is 0 Å². The molecule has 4 heteroatoms. The average Bonchev–Trinajstić information content (AvgIpc) is 2.40. The van der Waals surface area contributed by atoms with Gasteiger partial charge in [-0.1, -0.05) is 19.8 Å². The number of phenols is 1. The van der Waals surface area contributed by atoms with Crippen LogP contribution >= 0.6 is 22.6 Å². The summed E-state index contributed by atoms with van der Waals surface area (Å²) in [6, 6.07) is 5.07. The summed E-state index contributed by atoms with van der Waals surface area (Å²) in [7, 11) is 0. The van der Waals surface area contributed by atoms with Crippen LogP contribution in [0.5, 0.6) is 5.75 Å². The fourth-order valence-electron chi connectivity index (χ4n) is 2.56. The lowest BCUT2D eigenvalue weighted by atomic mass is 9.83. The average molecular weight is 373 g/mol. The van der Waals surface area contributed by atoms with E-state index in [2.05, 4.69) is 34.8 Å². The number of carbonyl (C=O) groups excluding carboxylic acids is 1. The summed E-state index contributed by atoms with van der Waals surface area (Å²) in [5, 5.41) is 12.7. The molecule has 0 bridgehead atoms. The normalized spacial score (nSPS) is 23.1. The molecule has 1 aliphatic rings. The van der Waals surface area contributed by atoms with Gasteiger partial charge in [-0.15, -0.1) is 0 Å². The zero-order chi connectivity index (χ0) is 13.8. The quantitative estimate of drug-likeness (QED) is 0.797. The van der Waals surface area contributed by atoms with Crippen molar-refractivity contribution in [1.82, 2.24) is 5.32 Å². The van der Waals surface area contributed by atoms with Crippen molar-refractivity contribution in [3.05, 3.63) is 27.3 Å². The molecule has 1 saturated carbocycles. The Kier molecular flexibility index (Phi) is 5.07. The highest BCUT2D eigenvalue weighted by molar-refractivity contribution is 14.1. The Hall–Kier alpha value is -0.780. The van der Waals surface area contributed by atoms with Crippen molar-refractivity contribution >= 4 is 28.5 Å². The largest absolute Gasteiger partial charge is 0.507 e. The molecule has 0 heterocycles. The molecule has 1 amide bonds. The molecule has 1 aromatic carbocycles. The third-order valence-electron chi connectivity index (χ3n) is 3.89. The van der Waals surface area contributed by atoms with E-state index in [1.165, 1.54) is 25.7 Å². The van der Waals surface area contributed by atoms with Crippen LogP contribution in [-0.2, 0) is 0 Å². The first-order valence-corrected chi connectivity index (χ1v) is 7.91. The highest BCUT2D eigenvalue weighted by Crippen LogP contribution is 2.28. The predicted molar refractivity (Wildman–Crippen MR) is 84.3 cm³/mol.